The molecule has 0 bridgehead atoms. The van der Waals surface area contributed by atoms with Crippen molar-refractivity contribution in [1.82, 2.24) is 15.5 Å². The van der Waals surface area contributed by atoms with Gasteiger partial charge in [-0.3, -0.25) is 4.99 Å². The van der Waals surface area contributed by atoms with Crippen molar-refractivity contribution >= 4 is 29.9 Å². The number of methoxy groups -OCH3 is 1. The fourth-order valence-electron chi connectivity index (χ4n) is 4.49. The Morgan fingerprint density at radius 3 is 2.44 bits per heavy atom. The summed E-state index contributed by atoms with van der Waals surface area (Å²) >= 11 is 0. The molecule has 0 unspecified atom stereocenters. The van der Waals surface area contributed by atoms with Gasteiger partial charge in [-0.2, -0.15) is 0 Å². The smallest absolute Gasteiger partial charge is 0.191 e. The van der Waals surface area contributed by atoms with E-state index in [-0.39, 0.29) is 24.0 Å². The molecule has 1 saturated heterocycles. The van der Waals surface area contributed by atoms with Crippen LogP contribution in [0.3, 0.4) is 0 Å². The van der Waals surface area contributed by atoms with Crippen LogP contribution in [0.1, 0.15) is 65.2 Å². The standard InChI is InChI=1S/C21H42N4O.HI/c1-4-13-25-14-8-19(9-15-25)17-23-20(22-5-2)24-18-21(12-16-26-3)10-6-7-11-21;/h19H,4-18H2,1-3H3,(H2,22,23,24);1H. The van der Waals surface area contributed by atoms with E-state index in [4.69, 9.17) is 9.73 Å². The second-order valence-electron chi connectivity index (χ2n) is 8.31. The van der Waals surface area contributed by atoms with Gasteiger partial charge in [0.2, 0.25) is 0 Å². The van der Waals surface area contributed by atoms with Crippen molar-refractivity contribution in [3.8, 4) is 0 Å². The number of piperidine rings is 1. The van der Waals surface area contributed by atoms with Crippen LogP contribution in [0.4, 0.5) is 0 Å². The summed E-state index contributed by atoms with van der Waals surface area (Å²) in [7, 11) is 1.81. The number of aliphatic imine (C=N–C) groups is 1. The first-order valence-electron chi connectivity index (χ1n) is 10.9. The summed E-state index contributed by atoms with van der Waals surface area (Å²) in [6, 6.07) is 0. The van der Waals surface area contributed by atoms with Crippen molar-refractivity contribution in [3.05, 3.63) is 0 Å². The van der Waals surface area contributed by atoms with E-state index in [2.05, 4.69) is 29.4 Å². The molecule has 0 amide bonds. The van der Waals surface area contributed by atoms with Crippen molar-refractivity contribution in [2.24, 2.45) is 16.3 Å². The molecule has 160 valence electrons. The maximum atomic E-state index is 5.35. The third kappa shape index (κ3) is 8.86. The minimum Gasteiger partial charge on any atom is -0.385 e. The normalized spacial score (nSPS) is 21.1. The lowest BCUT2D eigenvalue weighted by Crippen LogP contribution is -2.43. The van der Waals surface area contributed by atoms with Crippen LogP contribution in [0.2, 0.25) is 0 Å². The average Bonchev–Trinajstić information content (AvgIpc) is 3.13. The predicted molar refractivity (Wildman–Crippen MR) is 126 cm³/mol. The highest BCUT2D eigenvalue weighted by Crippen LogP contribution is 2.41. The highest BCUT2D eigenvalue weighted by molar-refractivity contribution is 14.0. The number of halogens is 1. The zero-order valence-corrected chi connectivity index (χ0v) is 20.2. The second-order valence-corrected chi connectivity index (χ2v) is 8.31. The Bertz CT molecular complexity index is 405. The molecule has 1 aliphatic heterocycles. The molecule has 2 rings (SSSR count). The van der Waals surface area contributed by atoms with Crippen molar-refractivity contribution in [2.45, 2.75) is 65.2 Å². The monoisotopic (exact) mass is 494 g/mol. The van der Waals surface area contributed by atoms with E-state index in [0.717, 1.165) is 44.5 Å². The molecule has 1 heterocycles. The van der Waals surface area contributed by atoms with Gasteiger partial charge < -0.3 is 20.3 Å². The molecule has 1 aliphatic carbocycles. The zero-order valence-electron chi connectivity index (χ0n) is 17.9. The quantitative estimate of drug-likeness (QED) is 0.275. The molecule has 0 aromatic heterocycles. The molecule has 27 heavy (non-hydrogen) atoms. The van der Waals surface area contributed by atoms with Gasteiger partial charge in [-0.05, 0) is 76.4 Å². The van der Waals surface area contributed by atoms with E-state index >= 15 is 0 Å². The molecule has 2 aliphatic rings. The lowest BCUT2D eigenvalue weighted by Gasteiger charge is -2.32. The molecule has 0 aromatic rings. The Morgan fingerprint density at radius 2 is 1.85 bits per heavy atom. The van der Waals surface area contributed by atoms with E-state index < -0.39 is 0 Å². The number of likely N-dealkylation sites (tertiary alicyclic amines) is 1. The molecule has 5 nitrogen and oxygen atoms in total. The lowest BCUT2D eigenvalue weighted by atomic mass is 9.83. The van der Waals surface area contributed by atoms with E-state index in [1.165, 1.54) is 64.6 Å². The largest absolute Gasteiger partial charge is 0.385 e. The summed E-state index contributed by atoms with van der Waals surface area (Å²) in [5.74, 6) is 1.79. The first-order valence-corrected chi connectivity index (χ1v) is 10.9. The average molecular weight is 495 g/mol. The minimum atomic E-state index is 0. The molecule has 6 heteroatoms. The Kier molecular flexibility index (Phi) is 12.9. The molecular weight excluding hydrogens is 451 g/mol. The Morgan fingerprint density at radius 1 is 1.15 bits per heavy atom. The van der Waals surface area contributed by atoms with Crippen molar-refractivity contribution in [2.75, 3.05) is 53.0 Å². The second kappa shape index (κ2) is 14.0. The van der Waals surface area contributed by atoms with Crippen LogP contribution in [0.15, 0.2) is 4.99 Å². The van der Waals surface area contributed by atoms with Crippen LogP contribution in [0.25, 0.3) is 0 Å². The number of rotatable bonds is 10. The third-order valence-corrected chi connectivity index (χ3v) is 6.22. The van der Waals surface area contributed by atoms with Gasteiger partial charge in [-0.25, -0.2) is 0 Å². The maximum Gasteiger partial charge on any atom is 0.191 e. The zero-order chi connectivity index (χ0) is 18.7. The summed E-state index contributed by atoms with van der Waals surface area (Å²) in [4.78, 5) is 7.58. The lowest BCUT2D eigenvalue weighted by molar-refractivity contribution is 0.141. The molecule has 2 N–H and O–H groups in total. The summed E-state index contributed by atoms with van der Waals surface area (Å²) in [6.45, 7) is 12.0. The SMILES string of the molecule is CCCN1CCC(CNC(=NCC2(CCOC)CCCC2)NCC)CC1.I. The van der Waals surface area contributed by atoms with Crippen LogP contribution in [-0.2, 0) is 4.74 Å². The van der Waals surface area contributed by atoms with Gasteiger partial charge in [0.15, 0.2) is 5.96 Å². The summed E-state index contributed by atoms with van der Waals surface area (Å²) in [5, 5.41) is 7.07. The number of guanidine groups is 1. The fourth-order valence-corrected chi connectivity index (χ4v) is 4.49. The number of nitrogens with zero attached hydrogens (tertiary/aromatic N) is 2. The van der Waals surface area contributed by atoms with Crippen LogP contribution in [0, 0.1) is 11.3 Å². The van der Waals surface area contributed by atoms with E-state index in [0.29, 0.717) is 5.41 Å². The van der Waals surface area contributed by atoms with Crippen LogP contribution in [-0.4, -0.2) is 63.8 Å². The fraction of sp³-hybridized carbons (Fsp3) is 0.952. The molecule has 2 fully saturated rings. The predicted octanol–water partition coefficient (Wildman–Crippen LogP) is 3.88. The topological polar surface area (TPSA) is 48.9 Å². The van der Waals surface area contributed by atoms with E-state index in [1.54, 1.807) is 0 Å². The van der Waals surface area contributed by atoms with Crippen LogP contribution < -0.4 is 10.6 Å². The summed E-state index contributed by atoms with van der Waals surface area (Å²) in [6.07, 6.45) is 10.3. The summed E-state index contributed by atoms with van der Waals surface area (Å²) in [5.41, 5.74) is 0.365. The third-order valence-electron chi connectivity index (χ3n) is 6.22. The molecule has 0 aromatic carbocycles. The Hall–Kier alpha value is -0.0800. The van der Waals surface area contributed by atoms with Crippen molar-refractivity contribution < 1.29 is 4.74 Å². The molecule has 1 saturated carbocycles. The van der Waals surface area contributed by atoms with Gasteiger partial charge in [0.1, 0.15) is 0 Å². The summed E-state index contributed by atoms with van der Waals surface area (Å²) < 4.78 is 5.35. The van der Waals surface area contributed by atoms with Gasteiger partial charge >= 0.3 is 0 Å². The van der Waals surface area contributed by atoms with Gasteiger partial charge in [0.25, 0.3) is 0 Å². The molecule has 0 radical (unpaired) electrons. The first-order chi connectivity index (χ1) is 12.7. The Balaban J connectivity index is 0.00000364. The molecule has 0 atom stereocenters. The number of hydrogen-bond donors (Lipinski definition) is 2. The van der Waals surface area contributed by atoms with Gasteiger partial charge in [-0.1, -0.05) is 19.8 Å². The van der Waals surface area contributed by atoms with Crippen LogP contribution in [0.5, 0.6) is 0 Å². The van der Waals surface area contributed by atoms with Gasteiger partial charge in [0, 0.05) is 33.4 Å². The minimum absolute atomic E-state index is 0. The highest BCUT2D eigenvalue weighted by atomic mass is 127. The number of ether oxygens (including phenoxy) is 1. The van der Waals surface area contributed by atoms with Crippen molar-refractivity contribution in [1.29, 1.82) is 0 Å². The van der Waals surface area contributed by atoms with Gasteiger partial charge in [-0.15, -0.1) is 24.0 Å². The van der Waals surface area contributed by atoms with E-state index in [1.807, 2.05) is 7.11 Å². The highest BCUT2D eigenvalue weighted by Gasteiger charge is 2.33. The Labute approximate surface area is 184 Å². The first kappa shape index (κ1) is 25.0. The van der Waals surface area contributed by atoms with Gasteiger partial charge in [0.05, 0.1) is 0 Å². The number of hydrogen-bond acceptors (Lipinski definition) is 3. The maximum absolute atomic E-state index is 5.35. The molecular formula is C21H43IN4O. The number of nitrogens with one attached hydrogen (secondary N) is 2. The molecule has 0 spiro atoms. The van der Waals surface area contributed by atoms with Crippen LogP contribution >= 0.6 is 24.0 Å². The van der Waals surface area contributed by atoms with Crippen molar-refractivity contribution in [3.63, 3.8) is 0 Å². The van der Waals surface area contributed by atoms with E-state index in [9.17, 15) is 0 Å².